The zero-order valence-electron chi connectivity index (χ0n) is 24.2. The number of aryl methyl sites for hydroxylation is 1. The van der Waals surface area contributed by atoms with E-state index in [2.05, 4.69) is 15.6 Å². The van der Waals surface area contributed by atoms with E-state index in [0.717, 1.165) is 16.6 Å². The number of nitrogens with one attached hydrogen (secondary N) is 1. The Hall–Kier alpha value is -4.40. The van der Waals surface area contributed by atoms with E-state index >= 15 is 0 Å². The van der Waals surface area contributed by atoms with Crippen LogP contribution in [0.25, 0.3) is 11.0 Å². The monoisotopic (exact) mass is 543 g/mol. The largest absolute Gasteiger partial charge is 0.493 e. The van der Waals surface area contributed by atoms with Gasteiger partial charge in [-0.3, -0.25) is 14.5 Å². The van der Waals surface area contributed by atoms with Crippen molar-refractivity contribution in [2.75, 3.05) is 19.1 Å². The van der Waals surface area contributed by atoms with Gasteiger partial charge in [0, 0.05) is 16.8 Å². The number of rotatable bonds is 10. The third-order valence-electron chi connectivity index (χ3n) is 7.39. The van der Waals surface area contributed by atoms with Gasteiger partial charge in [-0.15, -0.1) is 5.10 Å². The lowest BCUT2D eigenvalue weighted by Gasteiger charge is -2.36. The molecule has 0 saturated heterocycles. The molecular weight excluding hydrogens is 506 g/mol. The number of nitrogens with zero attached hydrogens (tertiary/aromatic N) is 4. The number of benzene rings is 3. The van der Waals surface area contributed by atoms with Crippen LogP contribution in [0.2, 0.25) is 0 Å². The van der Waals surface area contributed by atoms with Crippen LogP contribution in [0.1, 0.15) is 49.9 Å². The number of aromatic nitrogens is 3. The molecule has 0 unspecified atom stereocenters. The van der Waals surface area contributed by atoms with Gasteiger partial charge in [-0.05, 0) is 69.5 Å². The Bertz CT molecular complexity index is 1530. The number of fused-ring (bicyclic) bond motifs is 1. The Labute approximate surface area is 235 Å². The van der Waals surface area contributed by atoms with Gasteiger partial charge in [0.25, 0.3) is 0 Å². The third-order valence-corrected chi connectivity index (χ3v) is 7.39. The summed E-state index contributed by atoms with van der Waals surface area (Å²) in [5.74, 6) is 0.178. The molecule has 0 aliphatic heterocycles. The number of amides is 2. The fourth-order valence-electron chi connectivity index (χ4n) is 4.67. The molecule has 1 N–H and O–H groups in total. The Kier molecular flexibility index (Phi) is 8.42. The molecule has 4 rings (SSSR count). The van der Waals surface area contributed by atoms with Crippen LogP contribution in [0.3, 0.4) is 0 Å². The van der Waals surface area contributed by atoms with Crippen LogP contribution in [0.4, 0.5) is 5.69 Å². The van der Waals surface area contributed by atoms with Crippen LogP contribution in [-0.4, -0.2) is 46.6 Å². The molecule has 1 atom stereocenters. The topological polar surface area (TPSA) is 98.6 Å². The van der Waals surface area contributed by atoms with E-state index in [-0.39, 0.29) is 18.4 Å². The summed E-state index contributed by atoms with van der Waals surface area (Å²) in [6, 6.07) is 17.5. The summed E-state index contributed by atoms with van der Waals surface area (Å²) in [6.45, 7) is 9.72. The molecule has 3 aromatic carbocycles. The van der Waals surface area contributed by atoms with Crippen molar-refractivity contribution in [1.29, 1.82) is 0 Å². The Morgan fingerprint density at radius 1 is 1.00 bits per heavy atom. The molecule has 1 heterocycles. The molecule has 1 aromatic heterocycles. The number of hydrogen-bond acceptors (Lipinski definition) is 6. The number of ether oxygens (including phenoxy) is 2. The van der Waals surface area contributed by atoms with Gasteiger partial charge in [0.05, 0.1) is 19.7 Å². The summed E-state index contributed by atoms with van der Waals surface area (Å²) in [4.78, 5) is 30.2. The average molecular weight is 544 g/mol. The summed E-state index contributed by atoms with van der Waals surface area (Å²) in [5, 5.41) is 11.6. The molecule has 210 valence electrons. The molecule has 2 amide bonds. The molecule has 0 aliphatic carbocycles. The Morgan fingerprint density at radius 3 is 2.42 bits per heavy atom. The van der Waals surface area contributed by atoms with E-state index in [1.54, 1.807) is 34.9 Å². The van der Waals surface area contributed by atoms with Gasteiger partial charge in [0.1, 0.15) is 18.1 Å². The maximum absolute atomic E-state index is 14.4. The Morgan fingerprint density at radius 2 is 1.73 bits per heavy atom. The predicted molar refractivity (Wildman–Crippen MR) is 156 cm³/mol. The van der Waals surface area contributed by atoms with E-state index in [0.29, 0.717) is 34.7 Å². The quantitative estimate of drug-likeness (QED) is 0.297. The molecular formula is C31H37N5O4. The van der Waals surface area contributed by atoms with Gasteiger partial charge in [-0.2, -0.15) is 0 Å². The molecule has 9 nitrogen and oxygen atoms in total. The first-order chi connectivity index (χ1) is 19.1. The fourth-order valence-corrected chi connectivity index (χ4v) is 4.67. The van der Waals surface area contributed by atoms with Crippen LogP contribution in [0.5, 0.6) is 11.5 Å². The second-order valence-corrected chi connectivity index (χ2v) is 10.4. The van der Waals surface area contributed by atoms with Crippen molar-refractivity contribution in [3.8, 4) is 11.5 Å². The first-order valence-corrected chi connectivity index (χ1v) is 13.3. The normalized spacial score (nSPS) is 12.2. The van der Waals surface area contributed by atoms with E-state index in [1.807, 2.05) is 77.1 Å². The molecule has 0 fully saturated rings. The van der Waals surface area contributed by atoms with Crippen molar-refractivity contribution in [3.63, 3.8) is 0 Å². The number of carbonyl (C=O) groups is 2. The van der Waals surface area contributed by atoms with E-state index in [4.69, 9.17) is 9.47 Å². The summed E-state index contributed by atoms with van der Waals surface area (Å²) in [5.41, 5.74) is 3.89. The summed E-state index contributed by atoms with van der Waals surface area (Å²) < 4.78 is 12.9. The molecule has 0 aliphatic rings. The highest BCUT2D eigenvalue weighted by atomic mass is 16.5. The number of hydrogen-bond donors (Lipinski definition) is 1. The molecule has 4 aromatic rings. The van der Waals surface area contributed by atoms with Crippen LogP contribution in [0.15, 0.2) is 60.7 Å². The maximum atomic E-state index is 14.4. The van der Waals surface area contributed by atoms with Crippen LogP contribution in [-0.2, 0) is 16.1 Å². The van der Waals surface area contributed by atoms with Gasteiger partial charge in [0.15, 0.2) is 11.5 Å². The molecule has 9 heteroatoms. The number of methoxy groups -OCH3 is 2. The molecule has 0 bridgehead atoms. The fraction of sp³-hybridized carbons (Fsp3) is 0.355. The second-order valence-electron chi connectivity index (χ2n) is 10.4. The number of anilines is 1. The summed E-state index contributed by atoms with van der Waals surface area (Å²) >= 11 is 0. The van der Waals surface area contributed by atoms with E-state index in [1.165, 1.54) is 7.11 Å². The molecule has 40 heavy (non-hydrogen) atoms. The van der Waals surface area contributed by atoms with E-state index in [9.17, 15) is 9.59 Å². The molecule has 0 spiro atoms. The van der Waals surface area contributed by atoms with Gasteiger partial charge in [-0.1, -0.05) is 48.5 Å². The minimum Gasteiger partial charge on any atom is -0.493 e. The maximum Gasteiger partial charge on any atom is 0.249 e. The zero-order valence-corrected chi connectivity index (χ0v) is 24.2. The van der Waals surface area contributed by atoms with Crippen LogP contribution < -0.4 is 19.7 Å². The van der Waals surface area contributed by atoms with Crippen molar-refractivity contribution in [1.82, 2.24) is 20.3 Å². The van der Waals surface area contributed by atoms with Gasteiger partial charge in [-0.25, -0.2) is 4.68 Å². The smallest absolute Gasteiger partial charge is 0.249 e. The highest BCUT2D eigenvalue weighted by Gasteiger charge is 2.38. The van der Waals surface area contributed by atoms with Crippen LogP contribution in [0, 0.1) is 13.8 Å². The minimum absolute atomic E-state index is 0.124. The first-order valence-electron chi connectivity index (χ1n) is 13.3. The SMILES string of the molecule is CCC(C)(C)NC(=O)[C@H](c1cccc(OC)c1OC)N(C(=O)Cn1nnc2ccccc21)c1cccc(C)c1C. The van der Waals surface area contributed by atoms with E-state index < -0.39 is 11.6 Å². The lowest BCUT2D eigenvalue weighted by Crippen LogP contribution is -2.51. The van der Waals surface area contributed by atoms with Gasteiger partial charge in [0.2, 0.25) is 11.8 Å². The van der Waals surface area contributed by atoms with Crippen molar-refractivity contribution in [2.45, 2.75) is 59.2 Å². The predicted octanol–water partition coefficient (Wildman–Crippen LogP) is 5.14. The van der Waals surface area contributed by atoms with Crippen molar-refractivity contribution < 1.29 is 19.1 Å². The number of carbonyl (C=O) groups excluding carboxylic acids is 2. The Balaban J connectivity index is 1.94. The zero-order chi connectivity index (χ0) is 29.0. The second kappa shape index (κ2) is 11.8. The van der Waals surface area contributed by atoms with Crippen molar-refractivity contribution in [3.05, 3.63) is 77.4 Å². The number of para-hydroxylation sites is 2. The van der Waals surface area contributed by atoms with Gasteiger partial charge >= 0.3 is 0 Å². The lowest BCUT2D eigenvalue weighted by atomic mass is 9.96. The first kappa shape index (κ1) is 28.6. The highest BCUT2D eigenvalue weighted by Crippen LogP contribution is 2.40. The van der Waals surface area contributed by atoms with Crippen molar-refractivity contribution >= 4 is 28.5 Å². The third kappa shape index (κ3) is 5.64. The van der Waals surface area contributed by atoms with Crippen molar-refractivity contribution in [2.24, 2.45) is 0 Å². The highest BCUT2D eigenvalue weighted by molar-refractivity contribution is 6.02. The van der Waals surface area contributed by atoms with Gasteiger partial charge < -0.3 is 14.8 Å². The summed E-state index contributed by atoms with van der Waals surface area (Å²) in [7, 11) is 3.07. The van der Waals surface area contributed by atoms with Crippen LogP contribution >= 0.6 is 0 Å². The minimum atomic E-state index is -1.07. The standard InChI is InChI=1S/C31H37N5O4/c1-8-31(4,5)32-30(38)28(22-14-12-18-26(39-6)29(22)40-7)36(24-17-11-13-20(2)21(24)3)27(37)19-35-25-16-10-9-15-23(25)33-34-35/h9-18,28H,8,19H2,1-7H3,(H,32,38)/t28-/m0/s1. The lowest BCUT2D eigenvalue weighted by molar-refractivity contribution is -0.128. The average Bonchev–Trinajstić information content (AvgIpc) is 3.35. The molecule has 0 radical (unpaired) electrons. The molecule has 0 saturated carbocycles. The summed E-state index contributed by atoms with van der Waals surface area (Å²) in [6.07, 6.45) is 0.697.